The Bertz CT molecular complexity index is 409. The molecule has 0 aromatic heterocycles. The van der Waals surface area contributed by atoms with E-state index in [9.17, 15) is 5.11 Å². The topological polar surface area (TPSA) is 46.9 Å². The van der Waals surface area contributed by atoms with Crippen LogP contribution >= 0.6 is 11.6 Å². The van der Waals surface area contributed by atoms with Crippen molar-refractivity contribution < 1.29 is 10.2 Å². The largest absolute Gasteiger partial charge is 0.395 e. The molecule has 0 radical (unpaired) electrons. The monoisotopic (exact) mass is 298 g/mol. The van der Waals surface area contributed by atoms with Gasteiger partial charge in [-0.1, -0.05) is 23.7 Å². The van der Waals surface area contributed by atoms with Gasteiger partial charge in [0.1, 0.15) is 0 Å². The number of nitrogens with zero attached hydrogens (tertiary/aromatic N) is 2. The minimum Gasteiger partial charge on any atom is -0.395 e. The van der Waals surface area contributed by atoms with Crippen LogP contribution in [0.4, 0.5) is 0 Å². The number of β-amino-alcohol motifs (C(OH)–C–C–N with tert-alkyl or cyclic N) is 1. The van der Waals surface area contributed by atoms with E-state index in [2.05, 4.69) is 9.80 Å². The predicted octanol–water partition coefficient (Wildman–Crippen LogP) is 1.37. The van der Waals surface area contributed by atoms with Gasteiger partial charge >= 0.3 is 0 Å². The Balaban J connectivity index is 1.73. The molecule has 1 fully saturated rings. The Hall–Kier alpha value is -0.650. The third-order valence-electron chi connectivity index (χ3n) is 3.83. The van der Waals surface area contributed by atoms with E-state index < -0.39 is 6.10 Å². The number of piperazine rings is 1. The molecule has 1 aliphatic rings. The van der Waals surface area contributed by atoms with Gasteiger partial charge in [0.05, 0.1) is 12.7 Å². The second kappa shape index (κ2) is 7.96. The zero-order valence-corrected chi connectivity index (χ0v) is 12.5. The van der Waals surface area contributed by atoms with Crippen molar-refractivity contribution in [3.05, 3.63) is 34.9 Å². The molecule has 2 rings (SSSR count). The second-order valence-electron chi connectivity index (χ2n) is 5.27. The molecule has 0 amide bonds. The van der Waals surface area contributed by atoms with E-state index >= 15 is 0 Å². The van der Waals surface area contributed by atoms with Gasteiger partial charge in [-0.05, 0) is 24.1 Å². The Labute approximate surface area is 125 Å². The van der Waals surface area contributed by atoms with Crippen LogP contribution < -0.4 is 0 Å². The summed E-state index contributed by atoms with van der Waals surface area (Å²) in [6.45, 7) is 5.87. The molecule has 5 heteroatoms. The van der Waals surface area contributed by atoms with E-state index in [4.69, 9.17) is 16.7 Å². The molecular weight excluding hydrogens is 276 g/mol. The molecule has 2 N–H and O–H groups in total. The summed E-state index contributed by atoms with van der Waals surface area (Å²) in [6, 6.07) is 7.42. The van der Waals surface area contributed by atoms with Crippen molar-refractivity contribution in [1.29, 1.82) is 0 Å². The summed E-state index contributed by atoms with van der Waals surface area (Å²) in [6.07, 6.45) is 0.268. The lowest BCUT2D eigenvalue weighted by Crippen LogP contribution is -2.47. The highest BCUT2D eigenvalue weighted by atomic mass is 35.5. The Morgan fingerprint density at radius 3 is 2.35 bits per heavy atom. The van der Waals surface area contributed by atoms with E-state index in [1.54, 1.807) is 0 Å². The molecule has 0 saturated carbocycles. The number of hydrogen-bond acceptors (Lipinski definition) is 4. The third kappa shape index (κ3) is 4.72. The zero-order chi connectivity index (χ0) is 14.4. The van der Waals surface area contributed by atoms with Crippen molar-refractivity contribution in [3.63, 3.8) is 0 Å². The first-order valence-corrected chi connectivity index (χ1v) is 7.56. The lowest BCUT2D eigenvalue weighted by molar-refractivity contribution is 0.0924. The highest BCUT2D eigenvalue weighted by molar-refractivity contribution is 6.30. The molecule has 112 valence electrons. The molecule has 20 heavy (non-hydrogen) atoms. The standard InChI is InChI=1S/C15H23ClN2O2/c16-14-3-1-2-13(12-14)15(20)4-5-17-6-8-18(9-7-17)10-11-19/h1-3,12,15,19-20H,4-11H2. The molecule has 1 heterocycles. The van der Waals surface area contributed by atoms with Gasteiger partial charge in [-0.15, -0.1) is 0 Å². The zero-order valence-electron chi connectivity index (χ0n) is 11.7. The second-order valence-corrected chi connectivity index (χ2v) is 5.70. The lowest BCUT2D eigenvalue weighted by Gasteiger charge is -2.34. The summed E-state index contributed by atoms with van der Waals surface area (Å²) in [5, 5.41) is 19.8. The summed E-state index contributed by atoms with van der Waals surface area (Å²) in [7, 11) is 0. The quantitative estimate of drug-likeness (QED) is 0.833. The van der Waals surface area contributed by atoms with Crippen LogP contribution in [0.5, 0.6) is 0 Å². The minimum atomic E-state index is -0.454. The van der Waals surface area contributed by atoms with Crippen LogP contribution in [-0.4, -0.2) is 65.9 Å². The van der Waals surface area contributed by atoms with Gasteiger partial charge in [-0.25, -0.2) is 0 Å². The average Bonchev–Trinajstić information content (AvgIpc) is 2.46. The van der Waals surface area contributed by atoms with Gasteiger partial charge in [-0.2, -0.15) is 0 Å². The molecule has 1 atom stereocenters. The average molecular weight is 299 g/mol. The van der Waals surface area contributed by atoms with Crippen LogP contribution in [0.1, 0.15) is 18.1 Å². The summed E-state index contributed by atoms with van der Waals surface area (Å²) >= 11 is 5.94. The molecule has 1 aromatic carbocycles. The Morgan fingerprint density at radius 2 is 1.75 bits per heavy atom. The number of aliphatic hydroxyl groups is 2. The van der Waals surface area contributed by atoms with Gasteiger partial charge in [0.15, 0.2) is 0 Å². The van der Waals surface area contributed by atoms with E-state index in [0.29, 0.717) is 5.02 Å². The van der Waals surface area contributed by atoms with Crippen molar-refractivity contribution in [1.82, 2.24) is 9.80 Å². The molecule has 0 spiro atoms. The SMILES string of the molecule is OCCN1CCN(CCC(O)c2cccc(Cl)c2)CC1. The smallest absolute Gasteiger partial charge is 0.0802 e. The van der Waals surface area contributed by atoms with Crippen molar-refractivity contribution >= 4 is 11.6 Å². The van der Waals surface area contributed by atoms with Crippen LogP contribution in [-0.2, 0) is 0 Å². The van der Waals surface area contributed by atoms with Crippen LogP contribution in [0, 0.1) is 0 Å². The molecule has 1 aromatic rings. The fourth-order valence-electron chi connectivity index (χ4n) is 2.56. The first kappa shape index (κ1) is 15.7. The predicted molar refractivity (Wildman–Crippen MR) is 81.0 cm³/mol. The lowest BCUT2D eigenvalue weighted by atomic mass is 10.1. The van der Waals surface area contributed by atoms with E-state index in [-0.39, 0.29) is 6.61 Å². The van der Waals surface area contributed by atoms with E-state index in [1.165, 1.54) is 0 Å². The van der Waals surface area contributed by atoms with E-state index in [1.807, 2.05) is 24.3 Å². The molecule has 1 saturated heterocycles. The molecule has 1 unspecified atom stereocenters. The van der Waals surface area contributed by atoms with Crippen LogP contribution in [0.2, 0.25) is 5.02 Å². The molecule has 4 nitrogen and oxygen atoms in total. The number of benzene rings is 1. The molecule has 1 aliphatic heterocycles. The third-order valence-corrected chi connectivity index (χ3v) is 4.07. The fraction of sp³-hybridized carbons (Fsp3) is 0.600. The van der Waals surface area contributed by atoms with E-state index in [0.717, 1.165) is 51.3 Å². The Morgan fingerprint density at radius 1 is 1.10 bits per heavy atom. The van der Waals surface area contributed by atoms with Crippen LogP contribution in [0.25, 0.3) is 0 Å². The molecule has 0 aliphatic carbocycles. The summed E-state index contributed by atoms with van der Waals surface area (Å²) in [4.78, 5) is 4.63. The van der Waals surface area contributed by atoms with Crippen molar-refractivity contribution in [2.45, 2.75) is 12.5 Å². The molecular formula is C15H23ClN2O2. The highest BCUT2D eigenvalue weighted by Gasteiger charge is 2.17. The van der Waals surface area contributed by atoms with Gasteiger partial charge < -0.3 is 15.1 Å². The maximum Gasteiger partial charge on any atom is 0.0802 e. The summed E-state index contributed by atoms with van der Waals surface area (Å²) in [5.41, 5.74) is 0.886. The number of halogens is 1. The first-order chi connectivity index (χ1) is 9.69. The van der Waals surface area contributed by atoms with Gasteiger partial charge in [-0.3, -0.25) is 4.90 Å². The van der Waals surface area contributed by atoms with Crippen molar-refractivity contribution in [3.8, 4) is 0 Å². The van der Waals surface area contributed by atoms with Gasteiger partial charge in [0, 0.05) is 44.3 Å². The van der Waals surface area contributed by atoms with Crippen LogP contribution in [0.15, 0.2) is 24.3 Å². The fourth-order valence-corrected chi connectivity index (χ4v) is 2.76. The van der Waals surface area contributed by atoms with Crippen molar-refractivity contribution in [2.24, 2.45) is 0 Å². The minimum absolute atomic E-state index is 0.230. The first-order valence-electron chi connectivity index (χ1n) is 7.18. The number of aliphatic hydroxyl groups excluding tert-OH is 2. The van der Waals surface area contributed by atoms with Gasteiger partial charge in [0.25, 0.3) is 0 Å². The van der Waals surface area contributed by atoms with Crippen molar-refractivity contribution in [2.75, 3.05) is 45.9 Å². The normalized spacial score (nSPS) is 19.1. The van der Waals surface area contributed by atoms with Gasteiger partial charge in [0.2, 0.25) is 0 Å². The summed E-state index contributed by atoms with van der Waals surface area (Å²) in [5.74, 6) is 0. The Kier molecular flexibility index (Phi) is 6.26. The molecule has 0 bridgehead atoms. The maximum absolute atomic E-state index is 10.2. The van der Waals surface area contributed by atoms with Crippen LogP contribution in [0.3, 0.4) is 0 Å². The maximum atomic E-state index is 10.2. The number of hydrogen-bond donors (Lipinski definition) is 2. The summed E-state index contributed by atoms with van der Waals surface area (Å²) < 4.78 is 0. The number of rotatable bonds is 6. The highest BCUT2D eigenvalue weighted by Crippen LogP contribution is 2.20.